The maximum Gasteiger partial charge on any atom is 0.264 e. The van der Waals surface area contributed by atoms with Crippen molar-refractivity contribution in [2.75, 3.05) is 23.9 Å². The first-order valence-electron chi connectivity index (χ1n) is 8.42. The largest absolute Gasteiger partial charge is 0.481 e. The highest BCUT2D eigenvalue weighted by molar-refractivity contribution is 5.99. The number of rotatable bonds is 5. The highest BCUT2D eigenvalue weighted by Gasteiger charge is 2.24. The Labute approximate surface area is 147 Å². The molecule has 25 heavy (non-hydrogen) atoms. The number of anilines is 2. The second-order valence-electron chi connectivity index (χ2n) is 6.69. The molecular weight excluding hydrogens is 318 g/mol. The van der Waals surface area contributed by atoms with Crippen molar-refractivity contribution in [3.63, 3.8) is 0 Å². The molecule has 3 rings (SSSR count). The number of carbonyl (C=O) groups excluding carboxylic acids is 2. The molecule has 0 radical (unpaired) electrons. The van der Waals surface area contributed by atoms with Gasteiger partial charge in [-0.2, -0.15) is 0 Å². The standard InChI is InChI=1S/C19H23N3O3/c1-13(2)10-16(22-8-4-5-9-22)19(24)20-14-6-7-15-17(11-14)25-12-18(23)21(15)3/h4-9,11,13,16H,10,12H2,1-3H3,(H,20,24). The van der Waals surface area contributed by atoms with Crippen LogP contribution in [0, 0.1) is 5.92 Å². The fraction of sp³-hybridized carbons (Fsp3) is 0.368. The van der Waals surface area contributed by atoms with Crippen molar-refractivity contribution in [1.82, 2.24) is 4.57 Å². The van der Waals surface area contributed by atoms with Gasteiger partial charge in [-0.3, -0.25) is 9.59 Å². The molecule has 0 saturated heterocycles. The van der Waals surface area contributed by atoms with Crippen molar-refractivity contribution >= 4 is 23.2 Å². The molecule has 1 aromatic heterocycles. The molecule has 132 valence electrons. The molecule has 0 fully saturated rings. The van der Waals surface area contributed by atoms with Crippen LogP contribution in [0.3, 0.4) is 0 Å². The van der Waals surface area contributed by atoms with E-state index < -0.39 is 0 Å². The highest BCUT2D eigenvalue weighted by atomic mass is 16.5. The Bertz CT molecular complexity index is 768. The third-order valence-corrected chi connectivity index (χ3v) is 4.30. The maximum absolute atomic E-state index is 12.8. The maximum atomic E-state index is 12.8. The van der Waals surface area contributed by atoms with Gasteiger partial charge in [0.1, 0.15) is 11.8 Å². The van der Waals surface area contributed by atoms with Gasteiger partial charge in [0.05, 0.1) is 5.69 Å². The monoisotopic (exact) mass is 341 g/mol. The Morgan fingerprint density at radius 2 is 2.00 bits per heavy atom. The van der Waals surface area contributed by atoms with Gasteiger partial charge in [-0.15, -0.1) is 0 Å². The van der Waals surface area contributed by atoms with Gasteiger partial charge in [0.25, 0.3) is 5.91 Å². The van der Waals surface area contributed by atoms with Crippen LogP contribution < -0.4 is 15.0 Å². The lowest BCUT2D eigenvalue weighted by Gasteiger charge is -2.26. The fourth-order valence-electron chi connectivity index (χ4n) is 2.95. The molecule has 6 nitrogen and oxygen atoms in total. The molecular formula is C19H23N3O3. The molecule has 1 aliphatic rings. The van der Waals surface area contributed by atoms with Crippen LogP contribution in [-0.4, -0.2) is 30.0 Å². The van der Waals surface area contributed by atoms with Gasteiger partial charge in [0, 0.05) is 31.2 Å². The number of amides is 2. The summed E-state index contributed by atoms with van der Waals surface area (Å²) in [6.45, 7) is 4.22. The molecule has 6 heteroatoms. The summed E-state index contributed by atoms with van der Waals surface area (Å²) in [5.74, 6) is 0.838. The molecule has 1 atom stereocenters. The van der Waals surface area contributed by atoms with E-state index in [-0.39, 0.29) is 24.5 Å². The third kappa shape index (κ3) is 3.68. The quantitative estimate of drug-likeness (QED) is 0.909. The van der Waals surface area contributed by atoms with Gasteiger partial charge in [-0.25, -0.2) is 0 Å². The van der Waals surface area contributed by atoms with E-state index >= 15 is 0 Å². The van der Waals surface area contributed by atoms with Crippen molar-refractivity contribution < 1.29 is 14.3 Å². The molecule has 1 aliphatic heterocycles. The second-order valence-corrected chi connectivity index (χ2v) is 6.69. The molecule has 1 unspecified atom stereocenters. The predicted molar refractivity (Wildman–Crippen MR) is 96.9 cm³/mol. The van der Waals surface area contributed by atoms with Crippen LogP contribution >= 0.6 is 0 Å². The second kappa shape index (κ2) is 7.01. The minimum Gasteiger partial charge on any atom is -0.481 e. The molecule has 0 saturated carbocycles. The molecule has 1 N–H and O–H groups in total. The van der Waals surface area contributed by atoms with E-state index in [1.165, 1.54) is 0 Å². The summed E-state index contributed by atoms with van der Waals surface area (Å²) in [6, 6.07) is 8.90. The van der Waals surface area contributed by atoms with Crippen LogP contribution in [0.1, 0.15) is 26.3 Å². The molecule has 0 bridgehead atoms. The number of nitrogens with one attached hydrogen (secondary N) is 1. The number of likely N-dealkylation sites (N-methyl/N-ethyl adjacent to an activating group) is 1. The molecule has 2 amide bonds. The van der Waals surface area contributed by atoms with Crippen molar-refractivity contribution in [3.8, 4) is 5.75 Å². The van der Waals surface area contributed by atoms with E-state index in [0.717, 1.165) is 6.42 Å². The fourth-order valence-corrected chi connectivity index (χ4v) is 2.95. The summed E-state index contributed by atoms with van der Waals surface area (Å²) in [7, 11) is 1.71. The first-order valence-corrected chi connectivity index (χ1v) is 8.42. The normalized spacial score (nSPS) is 14.9. The van der Waals surface area contributed by atoms with E-state index in [0.29, 0.717) is 23.0 Å². The number of aromatic nitrogens is 1. The summed E-state index contributed by atoms with van der Waals surface area (Å²) in [6.07, 6.45) is 4.56. The zero-order valence-corrected chi connectivity index (χ0v) is 14.7. The first kappa shape index (κ1) is 17.1. The van der Waals surface area contributed by atoms with Crippen LogP contribution in [0.5, 0.6) is 5.75 Å². The van der Waals surface area contributed by atoms with E-state index in [1.54, 1.807) is 30.1 Å². The van der Waals surface area contributed by atoms with Crippen LogP contribution in [0.2, 0.25) is 0 Å². The number of hydrogen-bond donors (Lipinski definition) is 1. The van der Waals surface area contributed by atoms with E-state index in [2.05, 4.69) is 19.2 Å². The van der Waals surface area contributed by atoms with Crippen molar-refractivity contribution in [3.05, 3.63) is 42.7 Å². The lowest BCUT2D eigenvalue weighted by Crippen LogP contribution is -2.35. The summed E-state index contributed by atoms with van der Waals surface area (Å²) in [4.78, 5) is 26.0. The molecule has 2 aromatic rings. The number of ether oxygens (including phenoxy) is 1. The van der Waals surface area contributed by atoms with Gasteiger partial charge < -0.3 is 19.5 Å². The first-order chi connectivity index (χ1) is 12.0. The highest BCUT2D eigenvalue weighted by Crippen LogP contribution is 2.34. The van der Waals surface area contributed by atoms with Crippen molar-refractivity contribution in [2.24, 2.45) is 5.92 Å². The Kier molecular flexibility index (Phi) is 4.79. The summed E-state index contributed by atoms with van der Waals surface area (Å²) >= 11 is 0. The van der Waals surface area contributed by atoms with E-state index in [1.807, 2.05) is 29.1 Å². The predicted octanol–water partition coefficient (Wildman–Crippen LogP) is 3.07. The average Bonchev–Trinajstić information content (AvgIpc) is 3.10. The topological polar surface area (TPSA) is 63.6 Å². The van der Waals surface area contributed by atoms with Crippen molar-refractivity contribution in [2.45, 2.75) is 26.3 Å². The third-order valence-electron chi connectivity index (χ3n) is 4.30. The summed E-state index contributed by atoms with van der Waals surface area (Å²) < 4.78 is 7.41. The number of carbonyl (C=O) groups is 2. The van der Waals surface area contributed by atoms with E-state index in [4.69, 9.17) is 4.74 Å². The smallest absolute Gasteiger partial charge is 0.264 e. The molecule has 2 heterocycles. The lowest BCUT2D eigenvalue weighted by molar-refractivity contribution is -0.121. The zero-order chi connectivity index (χ0) is 18.0. The Hall–Kier alpha value is -2.76. The number of fused-ring (bicyclic) bond motifs is 1. The van der Waals surface area contributed by atoms with Crippen LogP contribution in [-0.2, 0) is 9.59 Å². The zero-order valence-electron chi connectivity index (χ0n) is 14.7. The van der Waals surface area contributed by atoms with E-state index in [9.17, 15) is 9.59 Å². The SMILES string of the molecule is CC(C)CC(C(=O)Nc1ccc2c(c1)OCC(=O)N2C)n1cccc1. The van der Waals surface area contributed by atoms with Gasteiger partial charge in [0.2, 0.25) is 5.91 Å². The molecule has 1 aromatic carbocycles. The average molecular weight is 341 g/mol. The van der Waals surface area contributed by atoms with Gasteiger partial charge >= 0.3 is 0 Å². The van der Waals surface area contributed by atoms with Crippen LogP contribution in [0.25, 0.3) is 0 Å². The minimum absolute atomic E-state index is 0.0141. The van der Waals surface area contributed by atoms with Crippen LogP contribution in [0.15, 0.2) is 42.7 Å². The lowest BCUT2D eigenvalue weighted by atomic mass is 10.0. The summed E-state index contributed by atoms with van der Waals surface area (Å²) in [5, 5.41) is 2.97. The van der Waals surface area contributed by atoms with Crippen molar-refractivity contribution in [1.29, 1.82) is 0 Å². The van der Waals surface area contributed by atoms with Gasteiger partial charge in [-0.1, -0.05) is 13.8 Å². The van der Waals surface area contributed by atoms with Gasteiger partial charge in [0.15, 0.2) is 6.61 Å². The summed E-state index contributed by atoms with van der Waals surface area (Å²) in [5.41, 5.74) is 1.37. The van der Waals surface area contributed by atoms with Crippen LogP contribution in [0.4, 0.5) is 11.4 Å². The number of nitrogens with zero attached hydrogens (tertiary/aromatic N) is 2. The van der Waals surface area contributed by atoms with Gasteiger partial charge in [-0.05, 0) is 36.6 Å². The molecule has 0 aliphatic carbocycles. The minimum atomic E-state index is -0.267. The number of hydrogen-bond acceptors (Lipinski definition) is 3. The Morgan fingerprint density at radius 3 is 2.68 bits per heavy atom. The Balaban J connectivity index is 1.79. The number of benzene rings is 1. The Morgan fingerprint density at radius 1 is 1.28 bits per heavy atom. The molecule has 0 spiro atoms.